The fourth-order valence-corrected chi connectivity index (χ4v) is 5.28. The Morgan fingerprint density at radius 1 is 0.561 bits per heavy atom. The van der Waals surface area contributed by atoms with Gasteiger partial charge in [0.25, 0.3) is 0 Å². The number of carbonyl (C=O) groups excluding carboxylic acids is 8. The summed E-state index contributed by atoms with van der Waals surface area (Å²) in [7, 11) is 0. The minimum absolute atomic E-state index is 0.0221. The van der Waals surface area contributed by atoms with Crippen LogP contribution in [0.15, 0.2) is 0 Å². The molecule has 0 unspecified atom stereocenters. The van der Waals surface area contributed by atoms with Crippen LogP contribution in [0.3, 0.4) is 0 Å². The molecule has 0 radical (unpaired) electrons. The number of aliphatic carboxylic acids is 1. The molecule has 326 valence electrons. The lowest BCUT2D eigenvalue weighted by Gasteiger charge is -2.30. The molecule has 17 N–H and O–H groups in total. The molecule has 0 rings (SSSR count). The molecule has 0 bridgehead atoms. The van der Waals surface area contributed by atoms with E-state index in [1.54, 1.807) is 20.8 Å². The maximum atomic E-state index is 13.8. The van der Waals surface area contributed by atoms with Gasteiger partial charge in [0.1, 0.15) is 36.3 Å². The van der Waals surface area contributed by atoms with E-state index < -0.39 is 120 Å². The molecule has 8 amide bonds. The average Bonchev–Trinajstić information content (AvgIpc) is 3.13. The number of nitrogens with one attached hydrogen (secondary N) is 6. The van der Waals surface area contributed by atoms with Crippen LogP contribution in [-0.2, 0) is 43.2 Å². The van der Waals surface area contributed by atoms with Crippen LogP contribution in [0.2, 0.25) is 0 Å². The Kier molecular flexibility index (Phi) is 23.8. The third-order valence-corrected chi connectivity index (χ3v) is 9.41. The predicted molar refractivity (Wildman–Crippen MR) is 205 cm³/mol. The Bertz CT molecular complexity index is 1400. The van der Waals surface area contributed by atoms with Crippen molar-refractivity contribution >= 4 is 53.2 Å². The van der Waals surface area contributed by atoms with Gasteiger partial charge in [0.05, 0.1) is 24.7 Å². The van der Waals surface area contributed by atoms with Gasteiger partial charge < -0.3 is 70.2 Å². The molecule has 22 heteroatoms. The van der Waals surface area contributed by atoms with E-state index in [0.29, 0.717) is 25.7 Å². The van der Waals surface area contributed by atoms with Crippen LogP contribution in [0, 0.1) is 11.8 Å². The summed E-state index contributed by atoms with van der Waals surface area (Å²) in [5.74, 6) is -9.92. The van der Waals surface area contributed by atoms with Crippen molar-refractivity contribution in [1.82, 2.24) is 31.9 Å². The molecule has 0 aliphatic heterocycles. The molecular weight excluding hydrogens is 752 g/mol. The number of primary amides is 2. The van der Waals surface area contributed by atoms with Crippen LogP contribution in [0.5, 0.6) is 0 Å². The summed E-state index contributed by atoms with van der Waals surface area (Å²) in [5.41, 5.74) is 22.1. The molecule has 57 heavy (non-hydrogen) atoms. The van der Waals surface area contributed by atoms with E-state index >= 15 is 0 Å². The van der Waals surface area contributed by atoms with Gasteiger partial charge in [0, 0.05) is 6.42 Å². The highest BCUT2D eigenvalue weighted by Gasteiger charge is 2.37. The second-order valence-corrected chi connectivity index (χ2v) is 14.2. The third kappa shape index (κ3) is 18.7. The SMILES string of the molecule is CC[C@H](C)[C@H](N)C(=O)N[C@@H](CCC(N)=O)C(=O)N[C@H](C(=O)N[C@@H](CCCCN)C(=O)N[C@H](C(=O)N[C@H](C(=O)N[C@@H](CC(=O)O)C(N)=O)[C@@H](C)O)[C@@H](C)CC)[C@@H](C)O. The molecule has 0 fully saturated rings. The smallest absolute Gasteiger partial charge is 0.305 e. The Morgan fingerprint density at radius 2 is 0.982 bits per heavy atom. The van der Waals surface area contributed by atoms with Crippen LogP contribution < -0.4 is 54.8 Å². The highest BCUT2D eigenvalue weighted by molar-refractivity contribution is 5.98. The van der Waals surface area contributed by atoms with Crippen molar-refractivity contribution in [1.29, 1.82) is 0 Å². The number of nitrogens with two attached hydrogens (primary N) is 4. The summed E-state index contributed by atoms with van der Waals surface area (Å²) >= 11 is 0. The first-order valence-corrected chi connectivity index (χ1v) is 19.0. The molecular formula is C35H64N10O12. The molecule has 0 saturated heterocycles. The van der Waals surface area contributed by atoms with Gasteiger partial charge in [-0.05, 0) is 57.9 Å². The molecule has 0 aromatic rings. The quantitative estimate of drug-likeness (QED) is 0.0331. The first-order valence-electron chi connectivity index (χ1n) is 19.0. The zero-order chi connectivity index (χ0) is 44.2. The first kappa shape index (κ1) is 52.1. The molecule has 0 aliphatic rings. The topological polar surface area (TPSA) is 391 Å². The van der Waals surface area contributed by atoms with E-state index in [9.17, 15) is 53.4 Å². The van der Waals surface area contributed by atoms with E-state index in [1.807, 2.05) is 6.92 Å². The Hall–Kier alpha value is -4.93. The summed E-state index contributed by atoms with van der Waals surface area (Å²) in [6, 6.07) is -10.2. The van der Waals surface area contributed by atoms with Gasteiger partial charge >= 0.3 is 5.97 Å². The number of rotatable bonds is 28. The summed E-state index contributed by atoms with van der Waals surface area (Å²) in [6.45, 7) is 9.42. The lowest BCUT2D eigenvalue weighted by molar-refractivity contribution is -0.141. The predicted octanol–water partition coefficient (Wildman–Crippen LogP) is -4.57. The number of carboxylic acid groups (broad SMARTS) is 1. The highest BCUT2D eigenvalue weighted by Crippen LogP contribution is 2.12. The summed E-state index contributed by atoms with van der Waals surface area (Å²) < 4.78 is 0. The van der Waals surface area contributed by atoms with Crippen molar-refractivity contribution in [3.05, 3.63) is 0 Å². The van der Waals surface area contributed by atoms with Gasteiger partial charge in [-0.1, -0.05) is 40.5 Å². The molecule has 0 saturated carbocycles. The zero-order valence-electron chi connectivity index (χ0n) is 33.5. The Labute approximate surface area is 332 Å². The molecule has 0 aliphatic carbocycles. The third-order valence-electron chi connectivity index (χ3n) is 9.41. The fraction of sp³-hybridized carbons (Fsp3) is 0.743. The van der Waals surface area contributed by atoms with E-state index in [-0.39, 0.29) is 31.7 Å². The summed E-state index contributed by atoms with van der Waals surface area (Å²) in [5, 5.41) is 44.2. The Balaban J connectivity index is 6.37. The van der Waals surface area contributed by atoms with Gasteiger partial charge in [-0.3, -0.25) is 43.2 Å². The number of unbranched alkanes of at least 4 members (excludes halogenated alkanes) is 1. The number of amides is 8. The summed E-state index contributed by atoms with van der Waals surface area (Å²) in [4.78, 5) is 115. The van der Waals surface area contributed by atoms with Gasteiger partial charge in [0.2, 0.25) is 47.3 Å². The van der Waals surface area contributed by atoms with Crippen molar-refractivity contribution in [3.8, 4) is 0 Å². The monoisotopic (exact) mass is 816 g/mol. The van der Waals surface area contributed by atoms with Crippen LogP contribution in [0.25, 0.3) is 0 Å². The Morgan fingerprint density at radius 3 is 1.40 bits per heavy atom. The zero-order valence-corrected chi connectivity index (χ0v) is 33.5. The second kappa shape index (κ2) is 26.1. The van der Waals surface area contributed by atoms with Crippen LogP contribution in [0.1, 0.15) is 92.9 Å². The van der Waals surface area contributed by atoms with Crippen molar-refractivity contribution in [2.75, 3.05) is 6.54 Å². The number of aliphatic hydroxyl groups excluding tert-OH is 2. The molecule has 0 heterocycles. The van der Waals surface area contributed by atoms with E-state index in [2.05, 4.69) is 31.9 Å². The van der Waals surface area contributed by atoms with Crippen molar-refractivity contribution in [2.24, 2.45) is 34.8 Å². The van der Waals surface area contributed by atoms with E-state index in [0.717, 1.165) is 6.92 Å². The van der Waals surface area contributed by atoms with Crippen molar-refractivity contribution in [2.45, 2.75) is 147 Å². The molecule has 0 spiro atoms. The number of hydrogen-bond acceptors (Lipinski definition) is 13. The first-order chi connectivity index (χ1) is 26.5. The highest BCUT2D eigenvalue weighted by atomic mass is 16.4. The largest absolute Gasteiger partial charge is 0.481 e. The maximum absolute atomic E-state index is 13.8. The molecule has 0 aromatic carbocycles. The number of carbonyl (C=O) groups is 9. The molecule has 0 aromatic heterocycles. The lowest BCUT2D eigenvalue weighted by atomic mass is 9.96. The van der Waals surface area contributed by atoms with Crippen LogP contribution in [0.4, 0.5) is 0 Å². The number of carboxylic acids is 1. The molecule has 11 atom stereocenters. The standard InChI is InChI=1S/C35H64N10O12/c1-7-16(3)25(38)32(54)40-21(12-13-23(37)48)31(53)44-27(18(5)46)34(56)41-20(11-9-10-14-36)30(52)43-26(17(4)8-2)33(55)45-28(19(6)47)35(57)42-22(29(39)51)15-24(49)50/h16-22,25-28,46-47H,7-15,36,38H2,1-6H3,(H2,37,48)(H2,39,51)(H,40,54)(H,41,56)(H,42,57)(H,43,52)(H,44,53)(H,45,55)(H,49,50)/t16-,17-,18+,19+,20-,21-,22-,25-,26-,27-,28-/m0/s1. The minimum atomic E-state index is -1.73. The van der Waals surface area contributed by atoms with Crippen LogP contribution in [-0.4, -0.2) is 130 Å². The minimum Gasteiger partial charge on any atom is -0.481 e. The number of aliphatic hydroxyl groups is 2. The lowest BCUT2D eigenvalue weighted by Crippen LogP contribution is -2.63. The van der Waals surface area contributed by atoms with Gasteiger partial charge in [-0.2, -0.15) is 0 Å². The van der Waals surface area contributed by atoms with Gasteiger partial charge in [-0.25, -0.2) is 0 Å². The average molecular weight is 817 g/mol. The van der Waals surface area contributed by atoms with Gasteiger partial charge in [-0.15, -0.1) is 0 Å². The van der Waals surface area contributed by atoms with Crippen molar-refractivity contribution in [3.63, 3.8) is 0 Å². The van der Waals surface area contributed by atoms with E-state index in [4.69, 9.17) is 28.0 Å². The van der Waals surface area contributed by atoms with Gasteiger partial charge in [0.15, 0.2) is 0 Å². The fourth-order valence-electron chi connectivity index (χ4n) is 5.28. The second-order valence-electron chi connectivity index (χ2n) is 14.2. The van der Waals surface area contributed by atoms with Crippen molar-refractivity contribution < 1.29 is 58.5 Å². The number of hydrogen-bond donors (Lipinski definition) is 13. The molecule has 22 nitrogen and oxygen atoms in total. The van der Waals surface area contributed by atoms with E-state index in [1.165, 1.54) is 6.92 Å². The normalized spacial score (nSPS) is 16.9. The maximum Gasteiger partial charge on any atom is 0.305 e. The van der Waals surface area contributed by atoms with Crippen LogP contribution >= 0.6 is 0 Å². The summed E-state index contributed by atoms with van der Waals surface area (Å²) in [6.07, 6.45) is -3.02.